The normalized spacial score (nSPS) is 26.8. The molecule has 1 aliphatic rings. The van der Waals surface area contributed by atoms with Gasteiger partial charge >= 0.3 is 0 Å². The topological polar surface area (TPSA) is 32.5 Å². The molecule has 0 aromatic carbocycles. The molecule has 18 heavy (non-hydrogen) atoms. The summed E-state index contributed by atoms with van der Waals surface area (Å²) in [7, 11) is 2.25. The van der Waals surface area contributed by atoms with Crippen molar-refractivity contribution < 1.29 is 0 Å². The lowest BCUT2D eigenvalue weighted by molar-refractivity contribution is 0.0943. The third kappa shape index (κ3) is 4.22. The number of hydrogen-bond acceptors (Lipinski definition) is 3. The van der Waals surface area contributed by atoms with E-state index in [9.17, 15) is 0 Å². The van der Waals surface area contributed by atoms with Gasteiger partial charge in [0.15, 0.2) is 0 Å². The standard InChI is InChI=1S/C15H33N3/c1-5-8-13(3)15(11-16)18-10-7-9-17(4)12-14(18)6-2/h13-15H,5-12,16H2,1-4H3. The van der Waals surface area contributed by atoms with Crippen molar-refractivity contribution in [1.29, 1.82) is 0 Å². The number of rotatable bonds is 6. The summed E-state index contributed by atoms with van der Waals surface area (Å²) in [6.07, 6.45) is 5.08. The SMILES string of the molecule is CCCC(C)C(CN)N1CCCN(C)CC1CC. The summed E-state index contributed by atoms with van der Waals surface area (Å²) in [5.41, 5.74) is 6.08. The molecule has 1 aliphatic heterocycles. The first kappa shape index (κ1) is 15.9. The molecule has 0 radical (unpaired) electrons. The first-order valence-corrected chi connectivity index (χ1v) is 7.78. The maximum absolute atomic E-state index is 6.08. The van der Waals surface area contributed by atoms with Crippen LogP contribution in [0.2, 0.25) is 0 Å². The van der Waals surface area contributed by atoms with Gasteiger partial charge in [0.2, 0.25) is 0 Å². The molecule has 1 rings (SSSR count). The summed E-state index contributed by atoms with van der Waals surface area (Å²) in [6, 6.07) is 1.26. The van der Waals surface area contributed by atoms with Crippen LogP contribution in [0.25, 0.3) is 0 Å². The van der Waals surface area contributed by atoms with E-state index in [0.29, 0.717) is 12.1 Å². The lowest BCUT2D eigenvalue weighted by Crippen LogP contribution is -2.51. The smallest absolute Gasteiger partial charge is 0.0247 e. The average Bonchev–Trinajstić information content (AvgIpc) is 2.53. The Balaban J connectivity index is 2.73. The van der Waals surface area contributed by atoms with Gasteiger partial charge in [-0.05, 0) is 38.8 Å². The molecule has 2 N–H and O–H groups in total. The Morgan fingerprint density at radius 3 is 2.56 bits per heavy atom. The number of hydrogen-bond donors (Lipinski definition) is 1. The van der Waals surface area contributed by atoms with Crippen LogP contribution in [0.15, 0.2) is 0 Å². The van der Waals surface area contributed by atoms with Crippen LogP contribution in [-0.2, 0) is 0 Å². The van der Waals surface area contributed by atoms with Gasteiger partial charge in [-0.25, -0.2) is 0 Å². The molecule has 0 bridgehead atoms. The summed E-state index contributed by atoms with van der Waals surface area (Å²) in [4.78, 5) is 5.19. The lowest BCUT2D eigenvalue weighted by Gasteiger charge is -2.39. The molecule has 3 heteroatoms. The van der Waals surface area contributed by atoms with Gasteiger partial charge < -0.3 is 10.6 Å². The molecule has 0 aliphatic carbocycles. The maximum atomic E-state index is 6.08. The summed E-state index contributed by atoms with van der Waals surface area (Å²) >= 11 is 0. The van der Waals surface area contributed by atoms with Crippen LogP contribution in [0, 0.1) is 5.92 Å². The highest BCUT2D eigenvalue weighted by atomic mass is 15.3. The van der Waals surface area contributed by atoms with Crippen molar-refractivity contribution >= 4 is 0 Å². The van der Waals surface area contributed by atoms with E-state index in [1.807, 2.05) is 0 Å². The highest BCUT2D eigenvalue weighted by Crippen LogP contribution is 2.22. The van der Waals surface area contributed by atoms with Crippen LogP contribution in [0.4, 0.5) is 0 Å². The average molecular weight is 255 g/mol. The number of likely N-dealkylation sites (N-methyl/N-ethyl adjacent to an activating group) is 1. The molecule has 0 aromatic rings. The monoisotopic (exact) mass is 255 g/mol. The molecule has 108 valence electrons. The van der Waals surface area contributed by atoms with Gasteiger partial charge in [0, 0.05) is 31.7 Å². The largest absolute Gasteiger partial charge is 0.329 e. The van der Waals surface area contributed by atoms with E-state index in [1.165, 1.54) is 45.3 Å². The fraction of sp³-hybridized carbons (Fsp3) is 1.00. The molecule has 3 nitrogen and oxygen atoms in total. The number of nitrogens with zero attached hydrogens (tertiary/aromatic N) is 2. The van der Waals surface area contributed by atoms with E-state index in [-0.39, 0.29) is 0 Å². The summed E-state index contributed by atoms with van der Waals surface area (Å²) in [5.74, 6) is 0.720. The molecule has 3 atom stereocenters. The van der Waals surface area contributed by atoms with Gasteiger partial charge in [-0.1, -0.05) is 27.2 Å². The zero-order valence-corrected chi connectivity index (χ0v) is 12.9. The summed E-state index contributed by atoms with van der Waals surface area (Å²) < 4.78 is 0. The minimum absolute atomic E-state index is 0.571. The van der Waals surface area contributed by atoms with Crippen molar-refractivity contribution in [2.24, 2.45) is 11.7 Å². The highest BCUT2D eigenvalue weighted by molar-refractivity contribution is 4.86. The quantitative estimate of drug-likeness (QED) is 0.789. The molecule has 0 aromatic heterocycles. The Labute approximate surface area is 114 Å². The molecule has 0 amide bonds. The van der Waals surface area contributed by atoms with Crippen molar-refractivity contribution in [2.75, 3.05) is 33.2 Å². The Bertz CT molecular complexity index is 220. The molecule has 0 spiro atoms. The Morgan fingerprint density at radius 1 is 1.28 bits per heavy atom. The van der Waals surface area contributed by atoms with Crippen molar-refractivity contribution in [3.63, 3.8) is 0 Å². The second-order valence-corrected chi connectivity index (χ2v) is 5.98. The molecule has 1 fully saturated rings. The van der Waals surface area contributed by atoms with Crippen LogP contribution < -0.4 is 5.73 Å². The summed E-state index contributed by atoms with van der Waals surface area (Å²) in [6.45, 7) is 11.4. The molecule has 0 saturated carbocycles. The van der Waals surface area contributed by atoms with E-state index in [4.69, 9.17) is 5.73 Å². The minimum atomic E-state index is 0.571. The van der Waals surface area contributed by atoms with Crippen molar-refractivity contribution in [2.45, 2.75) is 58.5 Å². The molecule has 1 heterocycles. The van der Waals surface area contributed by atoms with Crippen LogP contribution in [-0.4, -0.2) is 55.1 Å². The first-order valence-electron chi connectivity index (χ1n) is 7.78. The summed E-state index contributed by atoms with van der Waals surface area (Å²) in [5, 5.41) is 0. The molecule has 3 unspecified atom stereocenters. The van der Waals surface area contributed by atoms with Crippen LogP contribution in [0.5, 0.6) is 0 Å². The fourth-order valence-electron chi connectivity index (χ4n) is 3.40. The van der Waals surface area contributed by atoms with E-state index < -0.39 is 0 Å². The third-order valence-corrected chi connectivity index (χ3v) is 4.49. The lowest BCUT2D eigenvalue weighted by atomic mass is 9.93. The van der Waals surface area contributed by atoms with Gasteiger partial charge in [-0.3, -0.25) is 4.90 Å². The van der Waals surface area contributed by atoms with Crippen molar-refractivity contribution in [1.82, 2.24) is 9.80 Å². The van der Waals surface area contributed by atoms with Crippen LogP contribution in [0.3, 0.4) is 0 Å². The second kappa shape index (κ2) is 8.13. The zero-order valence-electron chi connectivity index (χ0n) is 12.9. The van der Waals surface area contributed by atoms with Crippen LogP contribution >= 0.6 is 0 Å². The number of nitrogens with two attached hydrogens (primary N) is 1. The van der Waals surface area contributed by atoms with Crippen molar-refractivity contribution in [3.8, 4) is 0 Å². The maximum Gasteiger partial charge on any atom is 0.0247 e. The Morgan fingerprint density at radius 2 is 2.00 bits per heavy atom. The fourth-order valence-corrected chi connectivity index (χ4v) is 3.40. The second-order valence-electron chi connectivity index (χ2n) is 5.98. The first-order chi connectivity index (χ1) is 8.63. The van der Waals surface area contributed by atoms with E-state index in [1.54, 1.807) is 0 Å². The molecular weight excluding hydrogens is 222 g/mol. The highest BCUT2D eigenvalue weighted by Gasteiger charge is 2.30. The minimum Gasteiger partial charge on any atom is -0.329 e. The van der Waals surface area contributed by atoms with Gasteiger partial charge in [0.1, 0.15) is 0 Å². The van der Waals surface area contributed by atoms with Crippen molar-refractivity contribution in [3.05, 3.63) is 0 Å². The van der Waals surface area contributed by atoms with Gasteiger partial charge in [-0.15, -0.1) is 0 Å². The molecule has 1 saturated heterocycles. The Kier molecular flexibility index (Phi) is 7.20. The molecular formula is C15H33N3. The predicted octanol–water partition coefficient (Wildman–Crippen LogP) is 2.17. The van der Waals surface area contributed by atoms with E-state index in [2.05, 4.69) is 37.6 Å². The zero-order chi connectivity index (χ0) is 13.5. The van der Waals surface area contributed by atoms with E-state index >= 15 is 0 Å². The van der Waals surface area contributed by atoms with Gasteiger partial charge in [0.05, 0.1) is 0 Å². The van der Waals surface area contributed by atoms with Gasteiger partial charge in [-0.2, -0.15) is 0 Å². The van der Waals surface area contributed by atoms with Crippen LogP contribution in [0.1, 0.15) is 46.5 Å². The van der Waals surface area contributed by atoms with E-state index in [0.717, 1.165) is 12.5 Å². The third-order valence-electron chi connectivity index (χ3n) is 4.49. The Hall–Kier alpha value is -0.120. The predicted molar refractivity (Wildman–Crippen MR) is 79.8 cm³/mol. The van der Waals surface area contributed by atoms with Gasteiger partial charge in [0.25, 0.3) is 0 Å².